The molecule has 0 unspecified atom stereocenters. The van der Waals surface area contributed by atoms with Gasteiger partial charge in [0.1, 0.15) is 28.7 Å². The van der Waals surface area contributed by atoms with Crippen LogP contribution in [0.4, 0.5) is 5.69 Å². The summed E-state index contributed by atoms with van der Waals surface area (Å²) in [7, 11) is 7.78. The third kappa shape index (κ3) is 5.57. The molecule has 0 atom stereocenters. The van der Waals surface area contributed by atoms with Crippen molar-refractivity contribution < 1.29 is 28.5 Å². The molecule has 0 aliphatic heterocycles. The SMILES string of the molecule is COc1ccc(/C=C/c2cc(OC)cc(OC)c2C(=O)Nc2cc(OC)ccc2OC)cc1. The van der Waals surface area contributed by atoms with E-state index in [1.165, 1.54) is 14.2 Å². The fourth-order valence-electron chi connectivity index (χ4n) is 3.26. The van der Waals surface area contributed by atoms with Crippen LogP contribution in [-0.4, -0.2) is 41.5 Å². The molecule has 0 bridgehead atoms. The molecule has 0 fully saturated rings. The van der Waals surface area contributed by atoms with Crippen molar-refractivity contribution in [2.75, 3.05) is 40.9 Å². The molecule has 0 saturated carbocycles. The van der Waals surface area contributed by atoms with Gasteiger partial charge in [-0.3, -0.25) is 4.79 Å². The van der Waals surface area contributed by atoms with Crippen LogP contribution in [0.15, 0.2) is 54.6 Å². The van der Waals surface area contributed by atoms with E-state index in [0.717, 1.165) is 11.3 Å². The summed E-state index contributed by atoms with van der Waals surface area (Å²) in [4.78, 5) is 13.4. The highest BCUT2D eigenvalue weighted by Gasteiger charge is 2.20. The first kappa shape index (κ1) is 23.5. The Labute approximate surface area is 193 Å². The van der Waals surface area contributed by atoms with Crippen LogP contribution >= 0.6 is 0 Å². The number of carbonyl (C=O) groups excluding carboxylic acids is 1. The molecular formula is C26H27NO6. The maximum atomic E-state index is 13.4. The molecule has 0 radical (unpaired) electrons. The molecule has 0 saturated heterocycles. The summed E-state index contributed by atoms with van der Waals surface area (Å²) in [5.74, 6) is 2.44. The van der Waals surface area contributed by atoms with Crippen LogP contribution in [0, 0.1) is 0 Å². The zero-order valence-corrected chi connectivity index (χ0v) is 19.3. The van der Waals surface area contributed by atoms with Gasteiger partial charge in [-0.15, -0.1) is 0 Å². The van der Waals surface area contributed by atoms with Crippen LogP contribution in [0.5, 0.6) is 28.7 Å². The van der Waals surface area contributed by atoms with Gasteiger partial charge >= 0.3 is 0 Å². The summed E-state index contributed by atoms with van der Waals surface area (Å²) < 4.78 is 26.8. The van der Waals surface area contributed by atoms with E-state index < -0.39 is 0 Å². The first-order valence-electron chi connectivity index (χ1n) is 10.1. The lowest BCUT2D eigenvalue weighted by Crippen LogP contribution is -2.15. The summed E-state index contributed by atoms with van der Waals surface area (Å²) in [5, 5.41) is 2.90. The van der Waals surface area contributed by atoms with Crippen molar-refractivity contribution in [1.82, 2.24) is 0 Å². The van der Waals surface area contributed by atoms with Crippen molar-refractivity contribution in [2.24, 2.45) is 0 Å². The van der Waals surface area contributed by atoms with E-state index >= 15 is 0 Å². The minimum Gasteiger partial charge on any atom is -0.497 e. The van der Waals surface area contributed by atoms with Gasteiger partial charge in [-0.25, -0.2) is 0 Å². The Kier molecular flexibility index (Phi) is 7.81. The Balaban J connectivity index is 2.02. The predicted molar refractivity (Wildman–Crippen MR) is 129 cm³/mol. The number of carbonyl (C=O) groups is 1. The van der Waals surface area contributed by atoms with Gasteiger partial charge < -0.3 is 29.0 Å². The highest BCUT2D eigenvalue weighted by atomic mass is 16.5. The monoisotopic (exact) mass is 449 g/mol. The zero-order valence-electron chi connectivity index (χ0n) is 19.3. The van der Waals surface area contributed by atoms with E-state index in [1.807, 2.05) is 36.4 Å². The molecule has 7 nitrogen and oxygen atoms in total. The molecule has 3 aromatic carbocycles. The topological polar surface area (TPSA) is 75.3 Å². The molecular weight excluding hydrogens is 422 g/mol. The normalized spacial score (nSPS) is 10.6. The summed E-state index contributed by atoms with van der Waals surface area (Å²) in [6.45, 7) is 0. The molecule has 0 spiro atoms. The summed E-state index contributed by atoms with van der Waals surface area (Å²) >= 11 is 0. The quantitative estimate of drug-likeness (QED) is 0.455. The Hall–Kier alpha value is -4.13. The van der Waals surface area contributed by atoms with Crippen molar-refractivity contribution in [3.63, 3.8) is 0 Å². The fraction of sp³-hybridized carbons (Fsp3) is 0.192. The third-order valence-corrected chi connectivity index (χ3v) is 5.01. The highest BCUT2D eigenvalue weighted by Crippen LogP contribution is 2.33. The standard InChI is InChI=1S/C26H27NO6/c1-29-19-10-7-17(8-11-19)6-9-18-14-21(31-3)16-24(33-5)25(18)26(28)27-22-15-20(30-2)12-13-23(22)32-4/h6-16H,1-5H3,(H,27,28)/b9-6+. The van der Waals surface area contributed by atoms with Crippen LogP contribution in [-0.2, 0) is 0 Å². The Morgan fingerprint density at radius 3 is 1.91 bits per heavy atom. The Morgan fingerprint density at radius 2 is 1.30 bits per heavy atom. The van der Waals surface area contributed by atoms with Gasteiger partial charge in [-0.05, 0) is 41.5 Å². The molecule has 7 heteroatoms. The minimum absolute atomic E-state index is 0.355. The second kappa shape index (κ2) is 10.9. The predicted octanol–water partition coefficient (Wildman–Crippen LogP) is 5.15. The molecule has 172 valence electrons. The second-order valence-corrected chi connectivity index (χ2v) is 6.92. The summed E-state index contributed by atoms with van der Waals surface area (Å²) in [6, 6.07) is 16.2. The lowest BCUT2D eigenvalue weighted by atomic mass is 10.0. The number of methoxy groups -OCH3 is 5. The first-order valence-corrected chi connectivity index (χ1v) is 10.1. The van der Waals surface area contributed by atoms with Crippen molar-refractivity contribution >= 4 is 23.7 Å². The number of rotatable bonds is 9. The lowest BCUT2D eigenvalue weighted by molar-refractivity contribution is 0.102. The highest BCUT2D eigenvalue weighted by molar-refractivity contribution is 6.10. The van der Waals surface area contributed by atoms with Crippen LogP contribution in [0.3, 0.4) is 0 Å². The molecule has 0 heterocycles. The van der Waals surface area contributed by atoms with Gasteiger partial charge in [-0.1, -0.05) is 24.3 Å². The van der Waals surface area contributed by atoms with Crippen molar-refractivity contribution in [3.8, 4) is 28.7 Å². The number of benzene rings is 3. The van der Waals surface area contributed by atoms with Crippen molar-refractivity contribution in [3.05, 3.63) is 71.3 Å². The smallest absolute Gasteiger partial charge is 0.260 e. The molecule has 1 N–H and O–H groups in total. The maximum absolute atomic E-state index is 13.4. The Bertz CT molecular complexity index is 1140. The molecule has 0 aliphatic rings. The van der Waals surface area contributed by atoms with Gasteiger partial charge in [0.25, 0.3) is 5.91 Å². The van der Waals surface area contributed by atoms with E-state index in [4.69, 9.17) is 23.7 Å². The molecule has 1 amide bonds. The molecule has 33 heavy (non-hydrogen) atoms. The number of amides is 1. The number of anilines is 1. The molecule has 3 rings (SSSR count). The minimum atomic E-state index is -0.365. The number of ether oxygens (including phenoxy) is 5. The second-order valence-electron chi connectivity index (χ2n) is 6.92. The Morgan fingerprint density at radius 1 is 0.667 bits per heavy atom. The zero-order chi connectivity index (χ0) is 23.8. The summed E-state index contributed by atoms with van der Waals surface area (Å²) in [5.41, 5.74) is 2.40. The fourth-order valence-corrected chi connectivity index (χ4v) is 3.26. The van der Waals surface area contributed by atoms with E-state index in [0.29, 0.717) is 39.8 Å². The van der Waals surface area contributed by atoms with Crippen molar-refractivity contribution in [1.29, 1.82) is 0 Å². The van der Waals surface area contributed by atoms with E-state index in [9.17, 15) is 4.79 Å². The average Bonchev–Trinajstić information content (AvgIpc) is 2.86. The van der Waals surface area contributed by atoms with Crippen LogP contribution in [0.2, 0.25) is 0 Å². The lowest BCUT2D eigenvalue weighted by Gasteiger charge is -2.16. The number of nitrogens with one attached hydrogen (secondary N) is 1. The van der Waals surface area contributed by atoms with Crippen LogP contribution in [0.1, 0.15) is 21.5 Å². The maximum Gasteiger partial charge on any atom is 0.260 e. The van der Waals surface area contributed by atoms with Crippen molar-refractivity contribution in [2.45, 2.75) is 0 Å². The van der Waals surface area contributed by atoms with E-state index in [1.54, 1.807) is 51.7 Å². The molecule has 3 aromatic rings. The van der Waals surface area contributed by atoms with Gasteiger partial charge in [0.15, 0.2) is 0 Å². The average molecular weight is 450 g/mol. The largest absolute Gasteiger partial charge is 0.497 e. The van der Waals surface area contributed by atoms with E-state index in [2.05, 4.69) is 5.32 Å². The van der Waals surface area contributed by atoms with Gasteiger partial charge in [0.2, 0.25) is 0 Å². The molecule has 0 aliphatic carbocycles. The molecule has 0 aromatic heterocycles. The summed E-state index contributed by atoms with van der Waals surface area (Å²) in [6.07, 6.45) is 3.74. The third-order valence-electron chi connectivity index (χ3n) is 5.01. The van der Waals surface area contributed by atoms with Gasteiger partial charge in [-0.2, -0.15) is 0 Å². The van der Waals surface area contributed by atoms with Crippen LogP contribution < -0.4 is 29.0 Å². The van der Waals surface area contributed by atoms with Gasteiger partial charge in [0.05, 0.1) is 46.8 Å². The number of hydrogen-bond donors (Lipinski definition) is 1. The van der Waals surface area contributed by atoms with Gasteiger partial charge in [0, 0.05) is 12.1 Å². The first-order chi connectivity index (χ1) is 16.0. The van der Waals surface area contributed by atoms with Crippen LogP contribution in [0.25, 0.3) is 12.2 Å². The van der Waals surface area contributed by atoms with E-state index in [-0.39, 0.29) is 5.91 Å². The number of hydrogen-bond acceptors (Lipinski definition) is 6.